The summed E-state index contributed by atoms with van der Waals surface area (Å²) in [6, 6.07) is 12.3. The Kier molecular flexibility index (Phi) is 3.07. The fourth-order valence-corrected chi connectivity index (χ4v) is 1.97. The van der Waals surface area contributed by atoms with Crippen LogP contribution in [0.5, 0.6) is 5.75 Å². The summed E-state index contributed by atoms with van der Waals surface area (Å²) in [7, 11) is 1.70. The molecule has 2 aromatic rings. The van der Waals surface area contributed by atoms with Crippen LogP contribution in [0.3, 0.4) is 0 Å². The smallest absolute Gasteiger partial charge is 0.126 e. The first kappa shape index (κ1) is 10.2. The molecular formula is C13H11BrO. The van der Waals surface area contributed by atoms with Crippen molar-refractivity contribution in [3.63, 3.8) is 0 Å². The molecule has 0 amide bonds. The molecule has 2 heteroatoms. The highest BCUT2D eigenvalue weighted by Crippen LogP contribution is 2.28. The fraction of sp³-hybridized carbons (Fsp3) is 0.0769. The molecule has 0 atom stereocenters. The van der Waals surface area contributed by atoms with Crippen LogP contribution in [0.25, 0.3) is 16.8 Å². The van der Waals surface area contributed by atoms with Crippen LogP contribution in [0, 0.1) is 0 Å². The van der Waals surface area contributed by atoms with Gasteiger partial charge in [0.05, 0.1) is 7.11 Å². The van der Waals surface area contributed by atoms with Crippen molar-refractivity contribution in [3.8, 4) is 5.75 Å². The SMILES string of the molecule is COc1ccc(/C=C/Br)c2ccccc12. The second-order valence-electron chi connectivity index (χ2n) is 3.20. The van der Waals surface area contributed by atoms with Gasteiger partial charge in [-0.2, -0.15) is 0 Å². The Morgan fingerprint density at radius 3 is 2.47 bits per heavy atom. The van der Waals surface area contributed by atoms with Crippen molar-refractivity contribution in [1.29, 1.82) is 0 Å². The molecule has 76 valence electrons. The molecule has 0 unspecified atom stereocenters. The third-order valence-electron chi connectivity index (χ3n) is 2.38. The Bertz CT molecular complexity index is 503. The average Bonchev–Trinajstić information content (AvgIpc) is 2.30. The Labute approximate surface area is 97.5 Å². The van der Waals surface area contributed by atoms with E-state index >= 15 is 0 Å². The van der Waals surface area contributed by atoms with Gasteiger partial charge in [0.25, 0.3) is 0 Å². The molecular weight excluding hydrogens is 252 g/mol. The van der Waals surface area contributed by atoms with Crippen molar-refractivity contribution in [1.82, 2.24) is 0 Å². The first-order valence-corrected chi connectivity index (χ1v) is 5.61. The fourth-order valence-electron chi connectivity index (χ4n) is 1.69. The van der Waals surface area contributed by atoms with E-state index in [2.05, 4.69) is 34.1 Å². The lowest BCUT2D eigenvalue weighted by atomic mass is 10.0. The standard InChI is InChI=1S/C13H11BrO/c1-15-13-7-6-10(8-9-14)11-4-2-3-5-12(11)13/h2-9H,1H3/b9-8+. The second-order valence-corrected chi connectivity index (χ2v) is 3.72. The third kappa shape index (κ3) is 1.90. The zero-order valence-electron chi connectivity index (χ0n) is 8.41. The van der Waals surface area contributed by atoms with E-state index in [1.165, 1.54) is 10.9 Å². The highest BCUT2D eigenvalue weighted by Gasteiger charge is 2.02. The van der Waals surface area contributed by atoms with Gasteiger partial charge in [0, 0.05) is 5.39 Å². The monoisotopic (exact) mass is 262 g/mol. The minimum absolute atomic E-state index is 0.914. The molecule has 0 spiro atoms. The molecule has 0 heterocycles. The van der Waals surface area contributed by atoms with Crippen LogP contribution < -0.4 is 4.74 Å². The number of fused-ring (bicyclic) bond motifs is 1. The number of hydrogen-bond donors (Lipinski definition) is 0. The molecule has 2 rings (SSSR count). The highest BCUT2D eigenvalue weighted by atomic mass is 79.9. The lowest BCUT2D eigenvalue weighted by molar-refractivity contribution is 0.420. The van der Waals surface area contributed by atoms with Crippen molar-refractivity contribution < 1.29 is 4.74 Å². The van der Waals surface area contributed by atoms with Gasteiger partial charge in [0.2, 0.25) is 0 Å². The van der Waals surface area contributed by atoms with E-state index in [9.17, 15) is 0 Å². The van der Waals surface area contributed by atoms with Crippen molar-refractivity contribution in [2.45, 2.75) is 0 Å². The Hall–Kier alpha value is -1.28. The van der Waals surface area contributed by atoms with Gasteiger partial charge in [-0.25, -0.2) is 0 Å². The summed E-state index contributed by atoms with van der Waals surface area (Å²) >= 11 is 3.30. The minimum atomic E-state index is 0.914. The summed E-state index contributed by atoms with van der Waals surface area (Å²) in [6.45, 7) is 0. The summed E-state index contributed by atoms with van der Waals surface area (Å²) in [6.07, 6.45) is 2.03. The predicted octanol–water partition coefficient (Wildman–Crippen LogP) is 4.21. The van der Waals surface area contributed by atoms with Gasteiger partial charge in [-0.15, -0.1) is 0 Å². The number of benzene rings is 2. The van der Waals surface area contributed by atoms with Crippen LogP contribution in [0.1, 0.15) is 5.56 Å². The predicted molar refractivity (Wildman–Crippen MR) is 68.5 cm³/mol. The molecule has 2 aromatic carbocycles. The topological polar surface area (TPSA) is 9.23 Å². The number of rotatable bonds is 2. The number of halogens is 1. The number of ether oxygens (including phenoxy) is 1. The van der Waals surface area contributed by atoms with E-state index in [1.54, 1.807) is 7.11 Å². The zero-order valence-corrected chi connectivity index (χ0v) is 9.99. The van der Waals surface area contributed by atoms with Gasteiger partial charge < -0.3 is 4.74 Å². The lowest BCUT2D eigenvalue weighted by Gasteiger charge is -2.07. The average molecular weight is 263 g/mol. The molecule has 0 fully saturated rings. The van der Waals surface area contributed by atoms with Crippen molar-refractivity contribution in [2.24, 2.45) is 0 Å². The van der Waals surface area contributed by atoms with Crippen LogP contribution in [-0.2, 0) is 0 Å². The van der Waals surface area contributed by atoms with Gasteiger partial charge in [-0.3, -0.25) is 0 Å². The van der Waals surface area contributed by atoms with Gasteiger partial charge in [-0.1, -0.05) is 46.3 Å². The first-order valence-electron chi connectivity index (χ1n) is 4.69. The van der Waals surface area contributed by atoms with Gasteiger partial charge in [0.15, 0.2) is 0 Å². The summed E-state index contributed by atoms with van der Waals surface area (Å²) in [4.78, 5) is 1.86. The second kappa shape index (κ2) is 4.49. The van der Waals surface area contributed by atoms with Gasteiger partial charge >= 0.3 is 0 Å². The minimum Gasteiger partial charge on any atom is -0.496 e. The molecule has 1 nitrogen and oxygen atoms in total. The van der Waals surface area contributed by atoms with Crippen LogP contribution in [0.15, 0.2) is 41.4 Å². The molecule has 0 aliphatic rings. The molecule has 0 N–H and O–H groups in total. The van der Waals surface area contributed by atoms with Crippen molar-refractivity contribution in [3.05, 3.63) is 46.9 Å². The van der Waals surface area contributed by atoms with E-state index in [4.69, 9.17) is 4.74 Å². The molecule has 0 saturated carbocycles. The largest absolute Gasteiger partial charge is 0.496 e. The van der Waals surface area contributed by atoms with Gasteiger partial charge in [-0.05, 0) is 28.1 Å². The number of hydrogen-bond acceptors (Lipinski definition) is 1. The summed E-state index contributed by atoms with van der Waals surface area (Å²) < 4.78 is 5.32. The van der Waals surface area contributed by atoms with E-state index in [0.29, 0.717) is 0 Å². The van der Waals surface area contributed by atoms with Crippen LogP contribution in [-0.4, -0.2) is 7.11 Å². The quantitative estimate of drug-likeness (QED) is 0.788. The maximum Gasteiger partial charge on any atom is 0.126 e. The molecule has 0 aliphatic heterocycles. The molecule has 15 heavy (non-hydrogen) atoms. The lowest BCUT2D eigenvalue weighted by Crippen LogP contribution is -1.86. The zero-order chi connectivity index (χ0) is 10.7. The Morgan fingerprint density at radius 1 is 1.07 bits per heavy atom. The molecule has 0 aromatic heterocycles. The normalized spacial score (nSPS) is 11.1. The van der Waals surface area contributed by atoms with Crippen LogP contribution in [0.4, 0.5) is 0 Å². The van der Waals surface area contributed by atoms with E-state index < -0.39 is 0 Å². The van der Waals surface area contributed by atoms with E-state index in [-0.39, 0.29) is 0 Å². The maximum absolute atomic E-state index is 5.32. The Balaban J connectivity index is 2.77. The molecule has 0 aliphatic carbocycles. The molecule has 0 bridgehead atoms. The first-order chi connectivity index (χ1) is 7.36. The van der Waals surface area contributed by atoms with E-state index in [0.717, 1.165) is 11.1 Å². The summed E-state index contributed by atoms with van der Waals surface area (Å²) in [5.74, 6) is 0.914. The highest BCUT2D eigenvalue weighted by molar-refractivity contribution is 9.11. The summed E-state index contributed by atoms with van der Waals surface area (Å²) in [5, 5.41) is 2.34. The van der Waals surface area contributed by atoms with Crippen LogP contribution >= 0.6 is 15.9 Å². The van der Waals surface area contributed by atoms with E-state index in [1.807, 2.05) is 29.3 Å². The summed E-state index contributed by atoms with van der Waals surface area (Å²) in [5.41, 5.74) is 1.18. The van der Waals surface area contributed by atoms with Gasteiger partial charge in [0.1, 0.15) is 5.75 Å². The molecule has 0 radical (unpaired) electrons. The van der Waals surface area contributed by atoms with Crippen molar-refractivity contribution >= 4 is 32.8 Å². The van der Waals surface area contributed by atoms with Crippen molar-refractivity contribution in [2.75, 3.05) is 7.11 Å². The Morgan fingerprint density at radius 2 is 1.80 bits per heavy atom. The number of methoxy groups -OCH3 is 1. The third-order valence-corrected chi connectivity index (χ3v) is 2.64. The van der Waals surface area contributed by atoms with Crippen LogP contribution in [0.2, 0.25) is 0 Å². The molecule has 0 saturated heterocycles. The maximum atomic E-state index is 5.32.